The zero-order chi connectivity index (χ0) is 16.7. The van der Waals surface area contributed by atoms with E-state index in [0.29, 0.717) is 17.5 Å². The summed E-state index contributed by atoms with van der Waals surface area (Å²) in [5.41, 5.74) is 3.85. The fourth-order valence-corrected chi connectivity index (χ4v) is 2.51. The highest BCUT2D eigenvalue weighted by molar-refractivity contribution is 5.67. The van der Waals surface area contributed by atoms with Crippen molar-refractivity contribution in [3.05, 3.63) is 54.3 Å². The number of fused-ring (bicyclic) bond motifs is 1. The highest BCUT2D eigenvalue weighted by atomic mass is 16.3. The lowest BCUT2D eigenvalue weighted by atomic mass is 10.1. The first-order valence-electron chi connectivity index (χ1n) is 7.68. The molecule has 4 rings (SSSR count). The van der Waals surface area contributed by atoms with Crippen LogP contribution in [0.4, 0.5) is 5.95 Å². The second-order valence-electron chi connectivity index (χ2n) is 5.88. The number of anilines is 1. The van der Waals surface area contributed by atoms with Gasteiger partial charge in [0.05, 0.1) is 12.0 Å². The van der Waals surface area contributed by atoms with Crippen LogP contribution in [0.25, 0.3) is 28.5 Å². The standard InChI is InChI=1S/C18H17N5O/c1-12-6-8-13(9-7-12)14-11-16-19-18(22(2)3)20-17(23(16)21-14)15-5-4-10-24-15/h4-11H,1-3H3. The molecule has 0 N–H and O–H groups in total. The van der Waals surface area contributed by atoms with Crippen LogP contribution in [-0.2, 0) is 0 Å². The summed E-state index contributed by atoms with van der Waals surface area (Å²) in [6.07, 6.45) is 1.63. The van der Waals surface area contributed by atoms with Crippen LogP contribution in [0.3, 0.4) is 0 Å². The van der Waals surface area contributed by atoms with Gasteiger partial charge < -0.3 is 9.32 Å². The molecule has 0 aliphatic heterocycles. The van der Waals surface area contributed by atoms with Crippen LogP contribution in [0.2, 0.25) is 0 Å². The van der Waals surface area contributed by atoms with E-state index in [2.05, 4.69) is 46.3 Å². The molecular formula is C18H17N5O. The SMILES string of the molecule is Cc1ccc(-c2cc3nc(N(C)C)nc(-c4ccco4)n3n2)cc1. The van der Waals surface area contributed by atoms with Crippen molar-refractivity contribution < 1.29 is 4.42 Å². The maximum absolute atomic E-state index is 5.52. The molecule has 0 unspecified atom stereocenters. The Morgan fingerprint density at radius 2 is 1.83 bits per heavy atom. The van der Waals surface area contributed by atoms with Crippen LogP contribution in [0, 0.1) is 6.92 Å². The minimum atomic E-state index is 0.615. The summed E-state index contributed by atoms with van der Waals surface area (Å²) >= 11 is 0. The van der Waals surface area contributed by atoms with Crippen molar-refractivity contribution in [2.24, 2.45) is 0 Å². The Kier molecular flexibility index (Phi) is 3.30. The van der Waals surface area contributed by atoms with Crippen LogP contribution >= 0.6 is 0 Å². The molecule has 0 saturated carbocycles. The first-order chi connectivity index (χ1) is 11.6. The maximum Gasteiger partial charge on any atom is 0.229 e. The van der Waals surface area contributed by atoms with E-state index in [9.17, 15) is 0 Å². The van der Waals surface area contributed by atoms with Crippen molar-refractivity contribution in [1.29, 1.82) is 0 Å². The lowest BCUT2D eigenvalue weighted by molar-refractivity contribution is 0.573. The first-order valence-corrected chi connectivity index (χ1v) is 7.68. The smallest absolute Gasteiger partial charge is 0.229 e. The molecule has 1 aromatic carbocycles. The maximum atomic E-state index is 5.52. The Labute approximate surface area is 139 Å². The second-order valence-corrected chi connectivity index (χ2v) is 5.88. The molecule has 0 aliphatic carbocycles. The molecule has 4 aromatic rings. The third-order valence-electron chi connectivity index (χ3n) is 3.80. The monoisotopic (exact) mass is 319 g/mol. The van der Waals surface area contributed by atoms with Gasteiger partial charge in [0.2, 0.25) is 11.8 Å². The second kappa shape index (κ2) is 5.49. The fourth-order valence-electron chi connectivity index (χ4n) is 2.51. The van der Waals surface area contributed by atoms with Crippen molar-refractivity contribution in [3.8, 4) is 22.8 Å². The Morgan fingerprint density at radius 3 is 2.50 bits per heavy atom. The van der Waals surface area contributed by atoms with Gasteiger partial charge in [-0.3, -0.25) is 0 Å². The summed E-state index contributed by atoms with van der Waals surface area (Å²) in [6.45, 7) is 2.07. The summed E-state index contributed by atoms with van der Waals surface area (Å²) in [4.78, 5) is 11.0. The number of furan rings is 1. The van der Waals surface area contributed by atoms with E-state index in [-0.39, 0.29) is 0 Å². The number of aromatic nitrogens is 4. The Bertz CT molecular complexity index is 984. The van der Waals surface area contributed by atoms with Gasteiger partial charge in [0.1, 0.15) is 0 Å². The van der Waals surface area contributed by atoms with E-state index in [1.807, 2.05) is 37.2 Å². The topological polar surface area (TPSA) is 59.5 Å². The Hall–Kier alpha value is -3.15. The molecule has 0 spiro atoms. The van der Waals surface area contributed by atoms with E-state index in [0.717, 1.165) is 16.9 Å². The van der Waals surface area contributed by atoms with Gasteiger partial charge in [-0.05, 0) is 19.1 Å². The molecule has 0 radical (unpaired) electrons. The van der Waals surface area contributed by atoms with Crippen molar-refractivity contribution >= 4 is 11.6 Å². The third kappa shape index (κ3) is 2.42. The van der Waals surface area contributed by atoms with Gasteiger partial charge in [-0.2, -0.15) is 19.6 Å². The molecule has 0 bridgehead atoms. The molecule has 0 amide bonds. The lowest BCUT2D eigenvalue weighted by Gasteiger charge is -2.11. The van der Waals surface area contributed by atoms with Crippen molar-refractivity contribution in [2.75, 3.05) is 19.0 Å². The molecular weight excluding hydrogens is 302 g/mol. The summed E-state index contributed by atoms with van der Waals surface area (Å²) < 4.78 is 7.25. The van der Waals surface area contributed by atoms with E-state index < -0.39 is 0 Å². The molecule has 3 heterocycles. The zero-order valence-electron chi connectivity index (χ0n) is 13.8. The average molecular weight is 319 g/mol. The fraction of sp³-hybridized carbons (Fsp3) is 0.167. The molecule has 0 fully saturated rings. The number of nitrogens with zero attached hydrogens (tertiary/aromatic N) is 5. The van der Waals surface area contributed by atoms with Gasteiger partial charge in [0, 0.05) is 25.7 Å². The predicted molar refractivity (Wildman–Crippen MR) is 93.0 cm³/mol. The number of rotatable bonds is 3. The van der Waals surface area contributed by atoms with Crippen molar-refractivity contribution in [3.63, 3.8) is 0 Å². The minimum Gasteiger partial charge on any atom is -0.461 e. The highest BCUT2D eigenvalue weighted by Gasteiger charge is 2.16. The van der Waals surface area contributed by atoms with Gasteiger partial charge in [-0.25, -0.2) is 0 Å². The molecule has 0 saturated heterocycles. The highest BCUT2D eigenvalue weighted by Crippen LogP contribution is 2.25. The van der Waals surface area contributed by atoms with Gasteiger partial charge in [-0.15, -0.1) is 0 Å². The van der Waals surface area contributed by atoms with Crippen LogP contribution in [0.15, 0.2) is 53.1 Å². The van der Waals surface area contributed by atoms with Crippen LogP contribution in [0.1, 0.15) is 5.56 Å². The van der Waals surface area contributed by atoms with Crippen LogP contribution in [-0.4, -0.2) is 33.7 Å². The van der Waals surface area contributed by atoms with E-state index >= 15 is 0 Å². The number of aryl methyl sites for hydroxylation is 1. The number of hydrogen-bond acceptors (Lipinski definition) is 5. The van der Waals surface area contributed by atoms with Crippen LogP contribution < -0.4 is 4.90 Å². The summed E-state index contributed by atoms with van der Waals surface area (Å²) in [5, 5.41) is 4.68. The first kappa shape index (κ1) is 14.4. The average Bonchev–Trinajstić information content (AvgIpc) is 3.24. The quantitative estimate of drug-likeness (QED) is 0.579. The van der Waals surface area contributed by atoms with Gasteiger partial charge in [0.25, 0.3) is 0 Å². The Balaban J connectivity index is 1.94. The van der Waals surface area contributed by atoms with Gasteiger partial charge >= 0.3 is 0 Å². The molecule has 24 heavy (non-hydrogen) atoms. The molecule has 6 heteroatoms. The van der Waals surface area contributed by atoms with E-state index in [1.54, 1.807) is 10.8 Å². The zero-order valence-corrected chi connectivity index (χ0v) is 13.8. The number of hydrogen-bond donors (Lipinski definition) is 0. The van der Waals surface area contributed by atoms with Crippen LogP contribution in [0.5, 0.6) is 0 Å². The van der Waals surface area contributed by atoms with Gasteiger partial charge in [0.15, 0.2) is 11.4 Å². The molecule has 0 atom stereocenters. The lowest BCUT2D eigenvalue weighted by Crippen LogP contribution is -2.14. The number of benzene rings is 1. The normalized spacial score (nSPS) is 11.1. The third-order valence-corrected chi connectivity index (χ3v) is 3.80. The van der Waals surface area contributed by atoms with Crippen molar-refractivity contribution in [1.82, 2.24) is 19.6 Å². The molecule has 0 aliphatic rings. The van der Waals surface area contributed by atoms with Gasteiger partial charge in [-0.1, -0.05) is 29.8 Å². The van der Waals surface area contributed by atoms with E-state index in [1.165, 1.54) is 5.56 Å². The summed E-state index contributed by atoms with van der Waals surface area (Å²) in [7, 11) is 3.82. The summed E-state index contributed by atoms with van der Waals surface area (Å²) in [6, 6.07) is 13.9. The molecule has 3 aromatic heterocycles. The predicted octanol–water partition coefficient (Wildman–Crippen LogP) is 3.43. The van der Waals surface area contributed by atoms with E-state index in [4.69, 9.17) is 4.42 Å². The molecule has 120 valence electrons. The summed E-state index contributed by atoms with van der Waals surface area (Å²) in [5.74, 6) is 1.90. The Morgan fingerprint density at radius 1 is 1.04 bits per heavy atom. The van der Waals surface area contributed by atoms with Crippen molar-refractivity contribution in [2.45, 2.75) is 6.92 Å². The minimum absolute atomic E-state index is 0.615. The molecule has 6 nitrogen and oxygen atoms in total. The largest absolute Gasteiger partial charge is 0.461 e.